The van der Waals surface area contributed by atoms with Crippen molar-refractivity contribution in [2.45, 2.75) is 26.0 Å². The molecule has 0 aliphatic carbocycles. The van der Waals surface area contributed by atoms with Gasteiger partial charge in [0.1, 0.15) is 11.0 Å². The van der Waals surface area contributed by atoms with E-state index in [9.17, 15) is 9.50 Å². The van der Waals surface area contributed by atoms with E-state index < -0.39 is 11.4 Å². The SMILES string of the molecule is CC(C)(O)CNCc1nc(Cl)ccc1F. The Morgan fingerprint density at radius 3 is 2.80 bits per heavy atom. The zero-order chi connectivity index (χ0) is 11.5. The van der Waals surface area contributed by atoms with Gasteiger partial charge < -0.3 is 10.4 Å². The Hall–Kier alpha value is -0.710. The lowest BCUT2D eigenvalue weighted by Gasteiger charge is -2.17. The van der Waals surface area contributed by atoms with E-state index >= 15 is 0 Å². The molecule has 0 aliphatic heterocycles. The maximum absolute atomic E-state index is 13.2. The molecule has 0 spiro atoms. The molecule has 0 atom stereocenters. The molecule has 0 amide bonds. The van der Waals surface area contributed by atoms with Gasteiger partial charge in [-0.05, 0) is 26.0 Å². The molecule has 2 N–H and O–H groups in total. The van der Waals surface area contributed by atoms with E-state index in [1.807, 2.05) is 0 Å². The van der Waals surface area contributed by atoms with Crippen LogP contribution >= 0.6 is 11.6 Å². The molecule has 1 aromatic heterocycles. The average molecular weight is 233 g/mol. The van der Waals surface area contributed by atoms with Gasteiger partial charge in [-0.1, -0.05) is 11.6 Å². The first-order valence-electron chi connectivity index (χ1n) is 4.62. The maximum Gasteiger partial charge on any atom is 0.146 e. The van der Waals surface area contributed by atoms with E-state index in [-0.39, 0.29) is 17.4 Å². The highest BCUT2D eigenvalue weighted by atomic mass is 35.5. The van der Waals surface area contributed by atoms with E-state index in [1.165, 1.54) is 12.1 Å². The summed E-state index contributed by atoms with van der Waals surface area (Å²) in [5.41, 5.74) is -0.568. The van der Waals surface area contributed by atoms with Crippen LogP contribution in [0.1, 0.15) is 19.5 Å². The summed E-state index contributed by atoms with van der Waals surface area (Å²) in [6.07, 6.45) is 0. The van der Waals surface area contributed by atoms with Gasteiger partial charge in [0.05, 0.1) is 11.3 Å². The van der Waals surface area contributed by atoms with Crippen LogP contribution in [0.5, 0.6) is 0 Å². The Morgan fingerprint density at radius 1 is 1.53 bits per heavy atom. The lowest BCUT2D eigenvalue weighted by molar-refractivity contribution is 0.0793. The lowest BCUT2D eigenvalue weighted by atomic mass is 10.1. The zero-order valence-corrected chi connectivity index (χ0v) is 9.48. The van der Waals surface area contributed by atoms with Crippen molar-refractivity contribution >= 4 is 11.6 Å². The van der Waals surface area contributed by atoms with Crippen molar-refractivity contribution in [2.75, 3.05) is 6.54 Å². The average Bonchev–Trinajstić information content (AvgIpc) is 2.09. The smallest absolute Gasteiger partial charge is 0.146 e. The molecule has 0 unspecified atom stereocenters. The Labute approximate surface area is 93.3 Å². The van der Waals surface area contributed by atoms with Gasteiger partial charge in [-0.25, -0.2) is 9.37 Å². The number of rotatable bonds is 4. The third kappa shape index (κ3) is 4.55. The number of halogens is 2. The van der Waals surface area contributed by atoms with Gasteiger partial charge in [-0.15, -0.1) is 0 Å². The summed E-state index contributed by atoms with van der Waals surface area (Å²) in [5.74, 6) is -0.400. The molecule has 5 heteroatoms. The van der Waals surface area contributed by atoms with E-state index in [0.29, 0.717) is 6.54 Å². The summed E-state index contributed by atoms with van der Waals surface area (Å²) >= 11 is 5.63. The first-order valence-corrected chi connectivity index (χ1v) is 5.00. The molecular weight excluding hydrogens is 219 g/mol. The normalized spacial score (nSPS) is 11.8. The van der Waals surface area contributed by atoms with Crippen LogP contribution in [0, 0.1) is 5.82 Å². The van der Waals surface area contributed by atoms with Crippen LogP contribution in [0.25, 0.3) is 0 Å². The minimum Gasteiger partial charge on any atom is -0.389 e. The molecular formula is C10H14ClFN2O. The lowest BCUT2D eigenvalue weighted by Crippen LogP contribution is -2.34. The second kappa shape index (κ2) is 4.88. The number of aliphatic hydroxyl groups is 1. The van der Waals surface area contributed by atoms with Crippen LogP contribution in [0.4, 0.5) is 4.39 Å². The first-order chi connectivity index (χ1) is 6.88. The molecule has 84 valence electrons. The molecule has 0 saturated heterocycles. The monoisotopic (exact) mass is 232 g/mol. The minimum atomic E-state index is -0.824. The van der Waals surface area contributed by atoms with Gasteiger partial charge in [0.15, 0.2) is 0 Å². The number of pyridine rings is 1. The highest BCUT2D eigenvalue weighted by Gasteiger charge is 2.12. The summed E-state index contributed by atoms with van der Waals surface area (Å²) in [4.78, 5) is 3.84. The van der Waals surface area contributed by atoms with Crippen molar-refractivity contribution < 1.29 is 9.50 Å². The van der Waals surface area contributed by atoms with E-state index in [0.717, 1.165) is 0 Å². The first kappa shape index (κ1) is 12.4. The van der Waals surface area contributed by atoms with E-state index in [2.05, 4.69) is 10.3 Å². The Morgan fingerprint density at radius 2 is 2.20 bits per heavy atom. The van der Waals surface area contributed by atoms with Gasteiger partial charge in [-0.2, -0.15) is 0 Å². The quantitative estimate of drug-likeness (QED) is 0.778. The topological polar surface area (TPSA) is 45.1 Å². The molecule has 0 aliphatic rings. The highest BCUT2D eigenvalue weighted by molar-refractivity contribution is 6.29. The number of hydrogen-bond acceptors (Lipinski definition) is 3. The van der Waals surface area contributed by atoms with Crippen molar-refractivity contribution in [1.82, 2.24) is 10.3 Å². The Bertz CT molecular complexity index is 339. The van der Waals surface area contributed by atoms with Gasteiger partial charge in [0, 0.05) is 13.1 Å². The summed E-state index contributed by atoms with van der Waals surface area (Å²) < 4.78 is 13.2. The van der Waals surface area contributed by atoms with Crippen LogP contribution in [-0.2, 0) is 6.54 Å². The third-order valence-corrected chi connectivity index (χ3v) is 1.95. The van der Waals surface area contributed by atoms with Crippen LogP contribution < -0.4 is 5.32 Å². The highest BCUT2D eigenvalue weighted by Crippen LogP contribution is 2.10. The van der Waals surface area contributed by atoms with E-state index in [4.69, 9.17) is 11.6 Å². The molecule has 1 heterocycles. The second-order valence-corrected chi connectivity index (χ2v) is 4.37. The molecule has 1 aromatic rings. The van der Waals surface area contributed by atoms with Crippen molar-refractivity contribution in [2.24, 2.45) is 0 Å². The second-order valence-electron chi connectivity index (χ2n) is 3.98. The van der Waals surface area contributed by atoms with Gasteiger partial charge >= 0.3 is 0 Å². The molecule has 1 rings (SSSR count). The summed E-state index contributed by atoms with van der Waals surface area (Å²) in [6, 6.07) is 2.67. The van der Waals surface area contributed by atoms with E-state index in [1.54, 1.807) is 13.8 Å². The van der Waals surface area contributed by atoms with Crippen molar-refractivity contribution in [3.05, 3.63) is 28.8 Å². The van der Waals surface area contributed by atoms with Crippen molar-refractivity contribution in [3.63, 3.8) is 0 Å². The molecule has 0 saturated carbocycles. The van der Waals surface area contributed by atoms with Gasteiger partial charge in [0.25, 0.3) is 0 Å². The molecule has 0 aromatic carbocycles. The fourth-order valence-electron chi connectivity index (χ4n) is 1.07. The molecule has 0 radical (unpaired) electrons. The largest absolute Gasteiger partial charge is 0.389 e. The summed E-state index contributed by atoms with van der Waals surface area (Å²) in [7, 11) is 0. The molecule has 15 heavy (non-hydrogen) atoms. The summed E-state index contributed by atoms with van der Waals surface area (Å²) in [6.45, 7) is 3.94. The predicted octanol–water partition coefficient (Wildman–Crippen LogP) is 1.73. The third-order valence-electron chi connectivity index (χ3n) is 1.73. The van der Waals surface area contributed by atoms with Crippen molar-refractivity contribution in [1.29, 1.82) is 0 Å². The fraction of sp³-hybridized carbons (Fsp3) is 0.500. The Kier molecular flexibility index (Phi) is 4.02. The van der Waals surface area contributed by atoms with Gasteiger partial charge in [0.2, 0.25) is 0 Å². The number of aromatic nitrogens is 1. The standard InChI is InChI=1S/C10H14ClFN2O/c1-10(2,15)6-13-5-8-7(12)3-4-9(11)14-8/h3-4,13,15H,5-6H2,1-2H3. The predicted molar refractivity (Wildman–Crippen MR) is 57.2 cm³/mol. The van der Waals surface area contributed by atoms with Crippen LogP contribution in [0.15, 0.2) is 12.1 Å². The molecule has 0 fully saturated rings. The Balaban J connectivity index is 2.54. The number of nitrogens with one attached hydrogen (secondary N) is 1. The molecule has 3 nitrogen and oxygen atoms in total. The van der Waals surface area contributed by atoms with Crippen LogP contribution in [-0.4, -0.2) is 22.2 Å². The number of hydrogen-bond donors (Lipinski definition) is 2. The van der Waals surface area contributed by atoms with Gasteiger partial charge in [-0.3, -0.25) is 0 Å². The number of nitrogens with zero attached hydrogens (tertiary/aromatic N) is 1. The van der Waals surface area contributed by atoms with Crippen molar-refractivity contribution in [3.8, 4) is 0 Å². The minimum absolute atomic E-state index is 0.246. The fourth-order valence-corrected chi connectivity index (χ4v) is 1.23. The summed E-state index contributed by atoms with van der Waals surface area (Å²) in [5, 5.41) is 12.6. The van der Waals surface area contributed by atoms with Crippen LogP contribution in [0.3, 0.4) is 0 Å². The maximum atomic E-state index is 13.2. The van der Waals surface area contributed by atoms with Crippen LogP contribution in [0.2, 0.25) is 5.15 Å². The zero-order valence-electron chi connectivity index (χ0n) is 8.72. The molecule has 0 bridgehead atoms.